The van der Waals surface area contributed by atoms with Gasteiger partial charge in [0.1, 0.15) is 11.6 Å². The number of hydrogen-bond acceptors (Lipinski definition) is 3. The number of anilines is 1. The highest BCUT2D eigenvalue weighted by Gasteiger charge is 2.22. The highest BCUT2D eigenvalue weighted by Crippen LogP contribution is 2.19. The van der Waals surface area contributed by atoms with Crippen molar-refractivity contribution in [3.63, 3.8) is 0 Å². The lowest BCUT2D eigenvalue weighted by Gasteiger charge is -2.28. The van der Waals surface area contributed by atoms with E-state index in [0.29, 0.717) is 11.7 Å². The summed E-state index contributed by atoms with van der Waals surface area (Å²) >= 11 is 0. The Labute approximate surface area is 123 Å². The van der Waals surface area contributed by atoms with Crippen molar-refractivity contribution in [2.24, 2.45) is 13.0 Å². The van der Waals surface area contributed by atoms with Crippen LogP contribution in [0.3, 0.4) is 0 Å². The Morgan fingerprint density at radius 3 is 3.14 bits per heavy atom. The van der Waals surface area contributed by atoms with Crippen LogP contribution in [-0.2, 0) is 20.0 Å². The van der Waals surface area contributed by atoms with Crippen molar-refractivity contribution < 1.29 is 4.79 Å². The molecule has 1 aliphatic heterocycles. The molecule has 2 amide bonds. The maximum Gasteiger partial charge on any atom is 0.322 e. The lowest BCUT2D eigenvalue weighted by molar-refractivity contribution is 0.205. The molecular formula is C14H20N6O. The number of urea groups is 1. The fraction of sp³-hybridized carbons (Fsp3) is 0.500. The van der Waals surface area contributed by atoms with E-state index in [9.17, 15) is 4.79 Å². The number of fused-ring (bicyclic) bond motifs is 1. The Hall–Kier alpha value is -2.31. The maximum absolute atomic E-state index is 12.2. The van der Waals surface area contributed by atoms with Gasteiger partial charge in [-0.2, -0.15) is 5.10 Å². The van der Waals surface area contributed by atoms with E-state index in [4.69, 9.17) is 0 Å². The average Bonchev–Trinajstić information content (AvgIpc) is 3.07. The molecule has 0 fully saturated rings. The van der Waals surface area contributed by atoms with Crippen molar-refractivity contribution in [3.8, 4) is 0 Å². The summed E-state index contributed by atoms with van der Waals surface area (Å²) in [6.45, 7) is 1.67. The maximum atomic E-state index is 12.2. The zero-order chi connectivity index (χ0) is 14.8. The fourth-order valence-corrected chi connectivity index (χ4v) is 2.76. The number of hydrogen-bond donors (Lipinski definition) is 1. The number of amides is 2. The third-order valence-electron chi connectivity index (χ3n) is 3.97. The van der Waals surface area contributed by atoms with E-state index in [-0.39, 0.29) is 6.03 Å². The zero-order valence-electron chi connectivity index (χ0n) is 12.4. The number of nitrogens with one attached hydrogen (secondary N) is 1. The molecule has 2 aromatic rings. The van der Waals surface area contributed by atoms with Crippen LogP contribution >= 0.6 is 0 Å². The first-order chi connectivity index (χ1) is 10.1. The number of imidazole rings is 1. The second kappa shape index (κ2) is 5.59. The summed E-state index contributed by atoms with van der Waals surface area (Å²) in [4.78, 5) is 18.2. The summed E-state index contributed by atoms with van der Waals surface area (Å²) in [5.41, 5.74) is 0. The first-order valence-corrected chi connectivity index (χ1v) is 7.13. The molecule has 21 heavy (non-hydrogen) atoms. The second-order valence-electron chi connectivity index (χ2n) is 5.55. The Morgan fingerprint density at radius 2 is 2.38 bits per heavy atom. The zero-order valence-corrected chi connectivity index (χ0v) is 12.4. The van der Waals surface area contributed by atoms with E-state index in [1.165, 1.54) is 0 Å². The molecule has 1 N–H and O–H groups in total. The van der Waals surface area contributed by atoms with Gasteiger partial charge in [0.25, 0.3) is 0 Å². The predicted octanol–water partition coefficient (Wildman–Crippen LogP) is 1.34. The monoisotopic (exact) mass is 288 g/mol. The molecule has 0 radical (unpaired) electrons. The molecule has 3 heterocycles. The minimum atomic E-state index is -0.102. The third kappa shape index (κ3) is 2.91. The van der Waals surface area contributed by atoms with Gasteiger partial charge in [0.2, 0.25) is 0 Å². The smallest absolute Gasteiger partial charge is 0.322 e. The lowest BCUT2D eigenvalue weighted by atomic mass is 9.99. The van der Waals surface area contributed by atoms with E-state index in [1.54, 1.807) is 28.9 Å². The van der Waals surface area contributed by atoms with Crippen LogP contribution in [0.5, 0.6) is 0 Å². The molecule has 112 valence electrons. The largest absolute Gasteiger partial charge is 0.335 e. The molecular weight excluding hydrogens is 268 g/mol. The molecule has 7 heteroatoms. The molecule has 7 nitrogen and oxygen atoms in total. The highest BCUT2D eigenvalue weighted by atomic mass is 16.2. The Balaban J connectivity index is 1.56. The molecule has 0 aromatic carbocycles. The van der Waals surface area contributed by atoms with Crippen molar-refractivity contribution >= 4 is 11.8 Å². The SMILES string of the molecule is CN(C[C@@H]1CCc2nccn2C1)C(=O)Nc1ccnn1C. The standard InChI is InChI=1S/C14H20N6O/c1-18(14(21)17-13-5-6-16-19(13)2)9-11-3-4-12-15-7-8-20(12)10-11/h5-8,11H,3-4,9-10H2,1-2H3,(H,17,21)/t11-/m0/s1. The average molecular weight is 288 g/mol. The first kappa shape index (κ1) is 13.7. The van der Waals surface area contributed by atoms with E-state index in [2.05, 4.69) is 20.0 Å². The number of rotatable bonds is 3. The van der Waals surface area contributed by atoms with Crippen LogP contribution in [0.15, 0.2) is 24.7 Å². The van der Waals surface area contributed by atoms with E-state index >= 15 is 0 Å². The van der Waals surface area contributed by atoms with E-state index in [0.717, 1.165) is 31.8 Å². The van der Waals surface area contributed by atoms with Gasteiger partial charge in [-0.1, -0.05) is 0 Å². The molecule has 2 aromatic heterocycles. The van der Waals surface area contributed by atoms with Gasteiger partial charge in [0.05, 0.1) is 6.20 Å². The first-order valence-electron chi connectivity index (χ1n) is 7.13. The van der Waals surface area contributed by atoms with Crippen LogP contribution in [0.1, 0.15) is 12.2 Å². The van der Waals surface area contributed by atoms with Crippen molar-refractivity contribution in [2.45, 2.75) is 19.4 Å². The van der Waals surface area contributed by atoms with Crippen LogP contribution in [0.2, 0.25) is 0 Å². The van der Waals surface area contributed by atoms with Gasteiger partial charge >= 0.3 is 6.03 Å². The van der Waals surface area contributed by atoms with Crippen LogP contribution in [-0.4, -0.2) is 43.9 Å². The Morgan fingerprint density at radius 1 is 1.52 bits per heavy atom. The van der Waals surface area contributed by atoms with E-state index < -0.39 is 0 Å². The van der Waals surface area contributed by atoms with Gasteiger partial charge in [-0.3, -0.25) is 10.00 Å². The number of aromatic nitrogens is 4. The van der Waals surface area contributed by atoms with Gasteiger partial charge < -0.3 is 9.47 Å². The predicted molar refractivity (Wildman–Crippen MR) is 78.9 cm³/mol. The number of aryl methyl sites for hydroxylation is 2. The van der Waals surface area contributed by atoms with Crippen molar-refractivity contribution in [3.05, 3.63) is 30.5 Å². The minimum absolute atomic E-state index is 0.102. The highest BCUT2D eigenvalue weighted by molar-refractivity contribution is 5.88. The molecule has 0 aliphatic carbocycles. The van der Waals surface area contributed by atoms with Crippen molar-refractivity contribution in [1.29, 1.82) is 0 Å². The number of nitrogens with zero attached hydrogens (tertiary/aromatic N) is 5. The summed E-state index contributed by atoms with van der Waals surface area (Å²) in [5.74, 6) is 2.31. The molecule has 0 spiro atoms. The van der Waals surface area contributed by atoms with Crippen molar-refractivity contribution in [1.82, 2.24) is 24.2 Å². The quantitative estimate of drug-likeness (QED) is 0.927. The summed E-state index contributed by atoms with van der Waals surface area (Å²) in [7, 11) is 3.63. The molecule has 0 saturated heterocycles. The Bertz CT molecular complexity index is 631. The minimum Gasteiger partial charge on any atom is -0.335 e. The van der Waals surface area contributed by atoms with Crippen LogP contribution < -0.4 is 5.32 Å². The van der Waals surface area contributed by atoms with Crippen LogP contribution in [0.25, 0.3) is 0 Å². The van der Waals surface area contributed by atoms with Gasteiger partial charge in [0, 0.05) is 52.1 Å². The van der Waals surface area contributed by atoms with Gasteiger partial charge in [-0.15, -0.1) is 0 Å². The molecule has 1 atom stereocenters. The van der Waals surface area contributed by atoms with Crippen LogP contribution in [0, 0.1) is 5.92 Å². The summed E-state index contributed by atoms with van der Waals surface area (Å²) in [6, 6.07) is 1.68. The molecule has 0 bridgehead atoms. The molecule has 0 unspecified atom stereocenters. The van der Waals surface area contributed by atoms with Crippen LogP contribution in [0.4, 0.5) is 10.6 Å². The lowest BCUT2D eigenvalue weighted by Crippen LogP contribution is -2.38. The van der Waals surface area contributed by atoms with Gasteiger partial charge in [-0.25, -0.2) is 9.78 Å². The summed E-state index contributed by atoms with van der Waals surface area (Å²) in [5, 5.41) is 6.90. The summed E-state index contributed by atoms with van der Waals surface area (Å²) in [6.07, 6.45) is 7.57. The van der Waals surface area contributed by atoms with Gasteiger partial charge in [-0.05, 0) is 12.3 Å². The second-order valence-corrected chi connectivity index (χ2v) is 5.55. The Kier molecular flexibility index (Phi) is 3.64. The molecule has 1 aliphatic rings. The van der Waals surface area contributed by atoms with Crippen molar-refractivity contribution in [2.75, 3.05) is 18.9 Å². The topological polar surface area (TPSA) is 68.0 Å². The summed E-state index contributed by atoms with van der Waals surface area (Å²) < 4.78 is 3.82. The molecule has 0 saturated carbocycles. The third-order valence-corrected chi connectivity index (χ3v) is 3.97. The number of carbonyl (C=O) groups excluding carboxylic acids is 1. The number of carbonyl (C=O) groups is 1. The normalized spacial score (nSPS) is 17.3. The van der Waals surface area contributed by atoms with E-state index in [1.807, 2.05) is 19.4 Å². The fourth-order valence-electron chi connectivity index (χ4n) is 2.76. The molecule has 3 rings (SSSR count). The van der Waals surface area contributed by atoms with Gasteiger partial charge in [0.15, 0.2) is 0 Å².